The number of nitrogens with one attached hydrogen (secondary N) is 1. The van der Waals surface area contributed by atoms with Crippen molar-refractivity contribution in [2.75, 3.05) is 6.54 Å². The molecule has 0 radical (unpaired) electrons. The van der Waals surface area contributed by atoms with E-state index in [4.69, 9.17) is 4.42 Å². The molecule has 2 amide bonds. The predicted octanol–water partition coefficient (Wildman–Crippen LogP) is 3.04. The lowest BCUT2D eigenvalue weighted by molar-refractivity contribution is -0.133. The molecule has 1 unspecified atom stereocenters. The van der Waals surface area contributed by atoms with Crippen molar-refractivity contribution in [3.05, 3.63) is 59.6 Å². The van der Waals surface area contributed by atoms with Crippen LogP contribution in [-0.4, -0.2) is 29.3 Å². The van der Waals surface area contributed by atoms with Crippen molar-refractivity contribution in [1.82, 2.24) is 10.2 Å². The molecular formula is C18H18F2N2O3. The Labute approximate surface area is 143 Å². The molecule has 1 fully saturated rings. The number of furan rings is 1. The SMILES string of the molecule is CC(c1ccco1)N(C(=O)CNC(=O)c1cc(F)cc(F)c1)C1CC1. The first kappa shape index (κ1) is 17.1. The van der Waals surface area contributed by atoms with Crippen LogP contribution in [0.5, 0.6) is 0 Å². The van der Waals surface area contributed by atoms with Crippen molar-refractivity contribution in [2.45, 2.75) is 31.8 Å². The number of halogens is 2. The van der Waals surface area contributed by atoms with Crippen molar-refractivity contribution in [3.63, 3.8) is 0 Å². The number of hydrogen-bond acceptors (Lipinski definition) is 3. The first-order valence-corrected chi connectivity index (χ1v) is 8.04. The van der Waals surface area contributed by atoms with E-state index in [1.807, 2.05) is 6.92 Å². The molecule has 0 saturated heterocycles. The molecule has 1 heterocycles. The van der Waals surface area contributed by atoms with Crippen LogP contribution in [0, 0.1) is 11.6 Å². The summed E-state index contributed by atoms with van der Waals surface area (Å²) in [5.41, 5.74) is -0.164. The number of hydrogen-bond donors (Lipinski definition) is 1. The molecule has 132 valence electrons. The van der Waals surface area contributed by atoms with E-state index in [-0.39, 0.29) is 30.1 Å². The van der Waals surface area contributed by atoms with Gasteiger partial charge >= 0.3 is 0 Å². The largest absolute Gasteiger partial charge is 0.467 e. The second-order valence-corrected chi connectivity index (χ2v) is 6.06. The summed E-state index contributed by atoms with van der Waals surface area (Å²) in [5, 5.41) is 2.42. The van der Waals surface area contributed by atoms with Gasteiger partial charge in [0.25, 0.3) is 5.91 Å². The molecule has 1 aromatic heterocycles. The van der Waals surface area contributed by atoms with E-state index in [0.717, 1.165) is 25.0 Å². The standard InChI is InChI=1S/C18H18F2N2O3/c1-11(16-3-2-6-25-16)22(15-4-5-15)17(23)10-21-18(24)12-7-13(19)9-14(20)8-12/h2-3,6-9,11,15H,4-5,10H2,1H3,(H,21,24). The third kappa shape index (κ3) is 4.04. The minimum atomic E-state index is -0.845. The van der Waals surface area contributed by atoms with Gasteiger partial charge in [0.15, 0.2) is 0 Å². The van der Waals surface area contributed by atoms with Crippen molar-refractivity contribution in [2.24, 2.45) is 0 Å². The molecule has 2 aromatic rings. The lowest BCUT2D eigenvalue weighted by atomic mass is 10.2. The molecule has 1 aliphatic rings. The van der Waals surface area contributed by atoms with Crippen LogP contribution in [0.2, 0.25) is 0 Å². The summed E-state index contributed by atoms with van der Waals surface area (Å²) in [6, 6.07) is 5.94. The normalized spacial score (nSPS) is 14.8. The second-order valence-electron chi connectivity index (χ2n) is 6.06. The van der Waals surface area contributed by atoms with Gasteiger partial charge in [-0.25, -0.2) is 8.78 Å². The lowest BCUT2D eigenvalue weighted by Gasteiger charge is -2.28. The van der Waals surface area contributed by atoms with Gasteiger partial charge in [0.2, 0.25) is 5.91 Å². The molecule has 1 aliphatic carbocycles. The van der Waals surface area contributed by atoms with Crippen LogP contribution in [0.1, 0.15) is 41.9 Å². The number of carbonyl (C=O) groups is 2. The molecule has 0 bridgehead atoms. The molecular weight excluding hydrogens is 330 g/mol. The Balaban J connectivity index is 1.64. The van der Waals surface area contributed by atoms with Crippen LogP contribution in [-0.2, 0) is 4.79 Å². The second kappa shape index (κ2) is 7.04. The van der Waals surface area contributed by atoms with E-state index in [1.54, 1.807) is 23.3 Å². The van der Waals surface area contributed by atoms with E-state index >= 15 is 0 Å². The third-order valence-corrected chi connectivity index (χ3v) is 4.13. The molecule has 1 saturated carbocycles. The molecule has 3 rings (SSSR count). The van der Waals surface area contributed by atoms with E-state index < -0.39 is 17.5 Å². The van der Waals surface area contributed by atoms with Crippen LogP contribution in [0.25, 0.3) is 0 Å². The summed E-state index contributed by atoms with van der Waals surface area (Å²) in [4.78, 5) is 26.3. The summed E-state index contributed by atoms with van der Waals surface area (Å²) in [6.07, 6.45) is 3.35. The van der Waals surface area contributed by atoms with Gasteiger partial charge in [-0.2, -0.15) is 0 Å². The number of amides is 2. The maximum absolute atomic E-state index is 13.2. The third-order valence-electron chi connectivity index (χ3n) is 4.13. The van der Waals surface area contributed by atoms with Crippen molar-refractivity contribution in [1.29, 1.82) is 0 Å². The van der Waals surface area contributed by atoms with Gasteiger partial charge in [0, 0.05) is 17.7 Å². The monoisotopic (exact) mass is 348 g/mol. The predicted molar refractivity (Wildman–Crippen MR) is 85.7 cm³/mol. The first-order chi connectivity index (χ1) is 12.0. The summed E-state index contributed by atoms with van der Waals surface area (Å²) >= 11 is 0. The molecule has 1 N–H and O–H groups in total. The summed E-state index contributed by atoms with van der Waals surface area (Å²) < 4.78 is 31.7. The molecule has 1 atom stereocenters. The summed E-state index contributed by atoms with van der Waals surface area (Å²) in [7, 11) is 0. The minimum Gasteiger partial charge on any atom is -0.467 e. The Hall–Kier alpha value is -2.70. The first-order valence-electron chi connectivity index (χ1n) is 8.04. The van der Waals surface area contributed by atoms with Crippen molar-refractivity contribution in [3.8, 4) is 0 Å². The Morgan fingerprint density at radius 1 is 1.28 bits per heavy atom. The fourth-order valence-corrected chi connectivity index (χ4v) is 2.79. The van der Waals surface area contributed by atoms with Crippen molar-refractivity contribution < 1.29 is 22.8 Å². The zero-order chi connectivity index (χ0) is 18.0. The highest BCUT2D eigenvalue weighted by molar-refractivity contribution is 5.96. The van der Waals surface area contributed by atoms with Gasteiger partial charge in [-0.15, -0.1) is 0 Å². The highest BCUT2D eigenvalue weighted by Crippen LogP contribution is 2.34. The maximum Gasteiger partial charge on any atom is 0.251 e. The zero-order valence-electron chi connectivity index (χ0n) is 13.7. The molecule has 0 aliphatic heterocycles. The summed E-state index contributed by atoms with van der Waals surface area (Å²) in [5.74, 6) is -1.99. The Bertz CT molecular complexity index is 752. The maximum atomic E-state index is 13.2. The smallest absolute Gasteiger partial charge is 0.251 e. The van der Waals surface area contributed by atoms with Crippen LogP contribution in [0.15, 0.2) is 41.0 Å². The number of nitrogens with zero attached hydrogens (tertiary/aromatic N) is 1. The van der Waals surface area contributed by atoms with Gasteiger partial charge in [-0.05, 0) is 44.0 Å². The molecule has 5 nitrogen and oxygen atoms in total. The van der Waals surface area contributed by atoms with E-state index in [1.165, 1.54) is 0 Å². The molecule has 25 heavy (non-hydrogen) atoms. The van der Waals surface area contributed by atoms with E-state index in [2.05, 4.69) is 5.32 Å². The van der Waals surface area contributed by atoms with Gasteiger partial charge < -0.3 is 14.6 Å². The van der Waals surface area contributed by atoms with Gasteiger partial charge in [-0.1, -0.05) is 0 Å². The number of rotatable bonds is 6. The van der Waals surface area contributed by atoms with Gasteiger partial charge in [0.1, 0.15) is 17.4 Å². The molecule has 1 aromatic carbocycles. The summed E-state index contributed by atoms with van der Waals surface area (Å²) in [6.45, 7) is 1.61. The quantitative estimate of drug-likeness (QED) is 0.873. The van der Waals surface area contributed by atoms with E-state index in [0.29, 0.717) is 11.8 Å². The van der Waals surface area contributed by atoms with Gasteiger partial charge in [0.05, 0.1) is 18.8 Å². The number of carbonyl (C=O) groups excluding carboxylic acids is 2. The van der Waals surface area contributed by atoms with Crippen LogP contribution in [0.4, 0.5) is 8.78 Å². The Kier molecular flexibility index (Phi) is 4.83. The Morgan fingerprint density at radius 3 is 2.52 bits per heavy atom. The number of benzene rings is 1. The lowest BCUT2D eigenvalue weighted by Crippen LogP contribution is -2.42. The van der Waals surface area contributed by atoms with Gasteiger partial charge in [-0.3, -0.25) is 9.59 Å². The van der Waals surface area contributed by atoms with Crippen LogP contribution >= 0.6 is 0 Å². The fraction of sp³-hybridized carbons (Fsp3) is 0.333. The Morgan fingerprint density at radius 2 is 1.96 bits per heavy atom. The van der Waals surface area contributed by atoms with E-state index in [9.17, 15) is 18.4 Å². The topological polar surface area (TPSA) is 62.6 Å². The zero-order valence-corrected chi connectivity index (χ0v) is 13.7. The average molecular weight is 348 g/mol. The van der Waals surface area contributed by atoms with Crippen LogP contribution < -0.4 is 5.32 Å². The highest BCUT2D eigenvalue weighted by atomic mass is 19.1. The highest BCUT2D eigenvalue weighted by Gasteiger charge is 2.37. The van der Waals surface area contributed by atoms with Crippen LogP contribution in [0.3, 0.4) is 0 Å². The fourth-order valence-electron chi connectivity index (χ4n) is 2.79. The molecule has 7 heteroatoms. The molecule has 0 spiro atoms. The average Bonchev–Trinajstić information content (AvgIpc) is 3.23. The van der Waals surface area contributed by atoms with Crippen molar-refractivity contribution >= 4 is 11.8 Å². The minimum absolute atomic E-state index is 0.121.